The molecule has 8 heteroatoms. The number of rotatable bonds is 5. The average Bonchev–Trinajstić information content (AvgIpc) is 3.21. The van der Waals surface area contributed by atoms with E-state index in [1.165, 1.54) is 17.0 Å². The molecule has 0 amide bonds. The number of aryl methyl sites for hydroxylation is 1. The second-order valence-corrected chi connectivity index (χ2v) is 8.60. The van der Waals surface area contributed by atoms with E-state index in [1.54, 1.807) is 36.4 Å². The van der Waals surface area contributed by atoms with Gasteiger partial charge in [0.15, 0.2) is 0 Å². The fourth-order valence-corrected chi connectivity index (χ4v) is 3.77. The Morgan fingerprint density at radius 2 is 1.97 bits per heavy atom. The first-order valence-corrected chi connectivity index (χ1v) is 10.7. The average molecular weight is 494 g/mol. The van der Waals surface area contributed by atoms with Gasteiger partial charge in [-0.2, -0.15) is 9.78 Å². The van der Waals surface area contributed by atoms with Crippen LogP contribution in [0, 0.1) is 6.92 Å². The minimum absolute atomic E-state index is 0.0181. The Labute approximate surface area is 192 Å². The number of hydrogen-bond acceptors (Lipinski definition) is 5. The Balaban J connectivity index is 1.72. The van der Waals surface area contributed by atoms with Crippen molar-refractivity contribution in [3.8, 4) is 11.3 Å². The van der Waals surface area contributed by atoms with Crippen LogP contribution in [0.2, 0.25) is 0 Å². The summed E-state index contributed by atoms with van der Waals surface area (Å²) in [6, 6.07) is 13.8. The predicted molar refractivity (Wildman–Crippen MR) is 127 cm³/mol. The normalized spacial score (nSPS) is 11.7. The molecule has 0 bridgehead atoms. The number of aromatic nitrogens is 2. The van der Waals surface area contributed by atoms with Crippen LogP contribution >= 0.6 is 15.9 Å². The van der Waals surface area contributed by atoms with E-state index in [2.05, 4.69) is 26.0 Å². The van der Waals surface area contributed by atoms with Crippen LogP contribution in [-0.4, -0.2) is 27.0 Å². The zero-order valence-corrected chi connectivity index (χ0v) is 19.3. The Kier molecular flexibility index (Phi) is 5.80. The summed E-state index contributed by atoms with van der Waals surface area (Å²) in [5.74, 6) is 0.591. The van der Waals surface area contributed by atoms with Gasteiger partial charge in [0.05, 0.1) is 22.7 Å². The summed E-state index contributed by atoms with van der Waals surface area (Å²) in [6.07, 6.45) is 1.48. The molecule has 32 heavy (non-hydrogen) atoms. The van der Waals surface area contributed by atoms with Crippen molar-refractivity contribution in [2.24, 2.45) is 5.10 Å². The minimum Gasteiger partial charge on any atom is -0.478 e. The molecule has 0 aliphatic rings. The molecule has 0 spiro atoms. The first-order chi connectivity index (χ1) is 15.2. The Morgan fingerprint density at radius 1 is 1.19 bits per heavy atom. The van der Waals surface area contributed by atoms with E-state index in [4.69, 9.17) is 9.52 Å². The lowest BCUT2D eigenvalue weighted by molar-refractivity contribution is 0.0697. The molecule has 0 aliphatic carbocycles. The largest absolute Gasteiger partial charge is 0.478 e. The molecule has 4 rings (SSSR count). The number of carboxylic acid groups (broad SMARTS) is 1. The number of furan rings is 1. The highest BCUT2D eigenvalue weighted by Gasteiger charge is 2.14. The number of halogens is 1. The molecule has 162 valence electrons. The van der Waals surface area contributed by atoms with Gasteiger partial charge in [0.2, 0.25) is 0 Å². The van der Waals surface area contributed by atoms with Crippen molar-refractivity contribution in [2.45, 2.75) is 26.7 Å². The van der Waals surface area contributed by atoms with Crippen molar-refractivity contribution in [3.05, 3.63) is 86.1 Å². The number of hydrogen-bond donors (Lipinski definition) is 1. The van der Waals surface area contributed by atoms with Gasteiger partial charge >= 0.3 is 5.97 Å². The minimum atomic E-state index is -0.977. The predicted octanol–water partition coefficient (Wildman–Crippen LogP) is 5.43. The first kappa shape index (κ1) is 21.7. The van der Waals surface area contributed by atoms with Crippen molar-refractivity contribution in [1.29, 1.82) is 0 Å². The monoisotopic (exact) mass is 493 g/mol. The maximum absolute atomic E-state index is 13.1. The highest BCUT2D eigenvalue weighted by molar-refractivity contribution is 9.10. The number of carboxylic acids is 1. The van der Waals surface area contributed by atoms with E-state index < -0.39 is 5.97 Å². The van der Waals surface area contributed by atoms with Crippen LogP contribution < -0.4 is 5.56 Å². The van der Waals surface area contributed by atoms with E-state index in [-0.39, 0.29) is 17.0 Å². The van der Waals surface area contributed by atoms with E-state index in [1.807, 2.05) is 26.8 Å². The zero-order chi connectivity index (χ0) is 23.0. The van der Waals surface area contributed by atoms with Crippen LogP contribution in [0.4, 0.5) is 0 Å². The molecule has 4 aromatic rings. The highest BCUT2D eigenvalue weighted by Crippen LogP contribution is 2.26. The third-order valence-electron chi connectivity index (χ3n) is 5.02. The molecule has 2 aromatic heterocycles. The lowest BCUT2D eigenvalue weighted by atomic mass is 10.0. The van der Waals surface area contributed by atoms with Gasteiger partial charge in [-0.15, -0.1) is 0 Å². The third-order valence-corrected chi connectivity index (χ3v) is 5.51. The summed E-state index contributed by atoms with van der Waals surface area (Å²) in [6.45, 7) is 5.73. The smallest absolute Gasteiger partial charge is 0.335 e. The van der Waals surface area contributed by atoms with Gasteiger partial charge in [0.25, 0.3) is 5.56 Å². The standard InChI is InChI=1S/C24H20BrN3O4/c1-13(2)22-27-20-8-5-16(25)11-19(20)23(29)28(22)26-12-17-6-9-21(32-17)18-7-4-15(24(30)31)10-14(18)3/h4-13H,1-3H3,(H,30,31). The van der Waals surface area contributed by atoms with Crippen LogP contribution in [0.15, 0.2) is 67.3 Å². The number of benzene rings is 2. The molecule has 7 nitrogen and oxygen atoms in total. The van der Waals surface area contributed by atoms with Crippen LogP contribution in [0.5, 0.6) is 0 Å². The van der Waals surface area contributed by atoms with Crippen molar-refractivity contribution in [3.63, 3.8) is 0 Å². The summed E-state index contributed by atoms with van der Waals surface area (Å²) in [4.78, 5) is 28.9. The maximum atomic E-state index is 13.1. The molecule has 0 radical (unpaired) electrons. The number of aromatic carboxylic acids is 1. The molecule has 0 atom stereocenters. The van der Waals surface area contributed by atoms with Gasteiger partial charge in [-0.05, 0) is 55.0 Å². The Morgan fingerprint density at radius 3 is 2.66 bits per heavy atom. The van der Waals surface area contributed by atoms with Crippen molar-refractivity contribution in [1.82, 2.24) is 9.66 Å². The molecular weight excluding hydrogens is 474 g/mol. The van der Waals surface area contributed by atoms with Crippen molar-refractivity contribution >= 4 is 39.0 Å². The van der Waals surface area contributed by atoms with Crippen molar-refractivity contribution in [2.75, 3.05) is 0 Å². The van der Waals surface area contributed by atoms with Gasteiger partial charge in [-0.3, -0.25) is 4.79 Å². The van der Waals surface area contributed by atoms with E-state index >= 15 is 0 Å². The SMILES string of the molecule is Cc1cc(C(=O)O)ccc1-c1ccc(C=Nn2c(C(C)C)nc3ccc(Br)cc3c2=O)o1. The fourth-order valence-electron chi connectivity index (χ4n) is 3.41. The fraction of sp³-hybridized carbons (Fsp3) is 0.167. The second-order valence-electron chi connectivity index (χ2n) is 7.68. The summed E-state index contributed by atoms with van der Waals surface area (Å²) in [5.41, 5.74) is 2.14. The quantitative estimate of drug-likeness (QED) is 0.373. The molecule has 2 heterocycles. The molecule has 1 N–H and O–H groups in total. The summed E-state index contributed by atoms with van der Waals surface area (Å²) in [7, 11) is 0. The van der Waals surface area contributed by atoms with Gasteiger partial charge in [-0.25, -0.2) is 9.78 Å². The molecule has 2 aromatic carbocycles. The topological polar surface area (TPSA) is 97.7 Å². The molecule has 0 saturated carbocycles. The summed E-state index contributed by atoms with van der Waals surface area (Å²) in [5, 5.41) is 14.0. The Hall–Kier alpha value is -3.52. The Bertz CT molecular complexity index is 1430. The van der Waals surface area contributed by atoms with E-state index in [0.717, 1.165) is 15.6 Å². The van der Waals surface area contributed by atoms with Crippen LogP contribution in [0.25, 0.3) is 22.2 Å². The summed E-state index contributed by atoms with van der Waals surface area (Å²) >= 11 is 3.40. The van der Waals surface area contributed by atoms with Gasteiger partial charge in [-0.1, -0.05) is 35.8 Å². The lowest BCUT2D eigenvalue weighted by Crippen LogP contribution is -2.23. The van der Waals surface area contributed by atoms with Crippen LogP contribution in [-0.2, 0) is 0 Å². The maximum Gasteiger partial charge on any atom is 0.335 e. The molecule has 0 aliphatic heterocycles. The number of carbonyl (C=O) groups is 1. The van der Waals surface area contributed by atoms with Crippen LogP contribution in [0.1, 0.15) is 47.3 Å². The summed E-state index contributed by atoms with van der Waals surface area (Å²) < 4.78 is 7.97. The number of fused-ring (bicyclic) bond motifs is 1. The van der Waals surface area contributed by atoms with Gasteiger partial charge in [0.1, 0.15) is 17.3 Å². The zero-order valence-electron chi connectivity index (χ0n) is 17.7. The van der Waals surface area contributed by atoms with Crippen molar-refractivity contribution < 1.29 is 14.3 Å². The molecule has 0 fully saturated rings. The van der Waals surface area contributed by atoms with E-state index in [9.17, 15) is 9.59 Å². The molecule has 0 unspecified atom stereocenters. The second kappa shape index (κ2) is 8.55. The van der Waals surface area contributed by atoms with Gasteiger partial charge < -0.3 is 9.52 Å². The molecular formula is C24H20BrN3O4. The lowest BCUT2D eigenvalue weighted by Gasteiger charge is -2.11. The highest BCUT2D eigenvalue weighted by atomic mass is 79.9. The van der Waals surface area contributed by atoms with E-state index in [0.29, 0.717) is 28.2 Å². The first-order valence-electron chi connectivity index (χ1n) is 9.95. The van der Waals surface area contributed by atoms with Crippen LogP contribution in [0.3, 0.4) is 0 Å². The number of nitrogens with zero attached hydrogens (tertiary/aromatic N) is 3. The third kappa shape index (κ3) is 4.13. The van der Waals surface area contributed by atoms with Gasteiger partial charge in [0, 0.05) is 16.0 Å². The molecule has 0 saturated heterocycles.